The molecule has 3 heteroatoms. The van der Waals surface area contributed by atoms with Crippen LogP contribution >= 0.6 is 0 Å². The van der Waals surface area contributed by atoms with Gasteiger partial charge in [-0.05, 0) is 24.6 Å². The fourth-order valence-electron chi connectivity index (χ4n) is 1.17. The minimum Gasteiger partial charge on any atom is -0.481 e. The first-order valence-corrected chi connectivity index (χ1v) is 4.77. The summed E-state index contributed by atoms with van der Waals surface area (Å²) in [6.07, 6.45) is 0.0702. The minimum absolute atomic E-state index is 0.0702. The lowest BCUT2D eigenvalue weighted by Gasteiger charge is -2.06. The van der Waals surface area contributed by atoms with E-state index in [0.717, 1.165) is 23.4 Å². The van der Waals surface area contributed by atoms with Crippen LogP contribution in [0.15, 0.2) is 36.4 Å². The third-order valence-corrected chi connectivity index (χ3v) is 1.90. The molecule has 0 atom stereocenters. The van der Waals surface area contributed by atoms with Gasteiger partial charge in [-0.1, -0.05) is 24.3 Å². The predicted molar refractivity (Wildman–Crippen MR) is 61.1 cm³/mol. The van der Waals surface area contributed by atoms with Crippen molar-refractivity contribution in [1.29, 1.82) is 0 Å². The molecule has 0 bridgehead atoms. The highest BCUT2D eigenvalue weighted by Crippen LogP contribution is 2.10. The van der Waals surface area contributed by atoms with E-state index in [-0.39, 0.29) is 6.42 Å². The van der Waals surface area contributed by atoms with Crippen LogP contribution in [0.25, 0.3) is 0 Å². The van der Waals surface area contributed by atoms with Crippen LogP contribution in [0.5, 0.6) is 0 Å². The van der Waals surface area contributed by atoms with Crippen LogP contribution in [0.3, 0.4) is 0 Å². The average Bonchev–Trinajstić information content (AvgIpc) is 2.16. The molecule has 0 aromatic heterocycles. The van der Waals surface area contributed by atoms with Gasteiger partial charge in [0.2, 0.25) is 0 Å². The Kier molecular flexibility index (Phi) is 3.92. The molecule has 1 rings (SSSR count). The van der Waals surface area contributed by atoms with Crippen LogP contribution in [0.2, 0.25) is 0 Å². The van der Waals surface area contributed by atoms with Crippen molar-refractivity contribution in [2.75, 3.05) is 11.9 Å². The molecule has 15 heavy (non-hydrogen) atoms. The van der Waals surface area contributed by atoms with Crippen LogP contribution in [0.1, 0.15) is 12.5 Å². The molecule has 0 amide bonds. The largest absolute Gasteiger partial charge is 0.481 e. The number of carbonyl (C=O) groups is 1. The Morgan fingerprint density at radius 3 is 2.47 bits per heavy atom. The first-order chi connectivity index (χ1) is 7.08. The molecule has 0 radical (unpaired) electrons. The van der Waals surface area contributed by atoms with E-state index in [1.807, 2.05) is 31.2 Å². The summed E-state index contributed by atoms with van der Waals surface area (Å²) in [6.45, 7) is 6.47. The number of nitrogens with one attached hydrogen (secondary N) is 1. The van der Waals surface area contributed by atoms with E-state index >= 15 is 0 Å². The van der Waals surface area contributed by atoms with Gasteiger partial charge in [0.05, 0.1) is 6.42 Å². The molecule has 0 fully saturated rings. The summed E-state index contributed by atoms with van der Waals surface area (Å²) in [7, 11) is 0. The molecular formula is C12H15NO2. The van der Waals surface area contributed by atoms with Gasteiger partial charge in [-0.2, -0.15) is 0 Å². The molecule has 0 unspecified atom stereocenters. The fraction of sp³-hybridized carbons (Fsp3) is 0.250. The Morgan fingerprint density at radius 1 is 1.40 bits per heavy atom. The maximum atomic E-state index is 10.4. The number of carboxylic acids is 1. The maximum absolute atomic E-state index is 10.4. The minimum atomic E-state index is -0.808. The molecule has 0 aliphatic carbocycles. The van der Waals surface area contributed by atoms with Crippen LogP contribution in [-0.4, -0.2) is 17.6 Å². The van der Waals surface area contributed by atoms with Gasteiger partial charge in [0.15, 0.2) is 0 Å². The third-order valence-electron chi connectivity index (χ3n) is 1.90. The van der Waals surface area contributed by atoms with Gasteiger partial charge in [-0.15, -0.1) is 0 Å². The number of anilines is 1. The van der Waals surface area contributed by atoms with Crippen molar-refractivity contribution in [2.45, 2.75) is 13.3 Å². The quantitative estimate of drug-likeness (QED) is 0.725. The average molecular weight is 205 g/mol. The normalized spacial score (nSPS) is 9.67. The molecule has 0 saturated carbocycles. The lowest BCUT2D eigenvalue weighted by Crippen LogP contribution is -2.03. The highest BCUT2D eigenvalue weighted by molar-refractivity contribution is 5.70. The summed E-state index contributed by atoms with van der Waals surface area (Å²) < 4.78 is 0. The molecule has 0 spiro atoms. The van der Waals surface area contributed by atoms with E-state index in [0.29, 0.717) is 0 Å². The Hall–Kier alpha value is -1.77. The monoisotopic (exact) mass is 205 g/mol. The molecule has 80 valence electrons. The summed E-state index contributed by atoms with van der Waals surface area (Å²) in [4.78, 5) is 10.4. The van der Waals surface area contributed by atoms with Crippen molar-refractivity contribution in [3.63, 3.8) is 0 Å². The Balaban J connectivity index is 2.56. The molecule has 0 aliphatic rings. The van der Waals surface area contributed by atoms with Crippen molar-refractivity contribution in [2.24, 2.45) is 0 Å². The zero-order chi connectivity index (χ0) is 11.3. The first kappa shape index (κ1) is 11.3. The number of benzene rings is 1. The van der Waals surface area contributed by atoms with Crippen LogP contribution in [-0.2, 0) is 11.2 Å². The maximum Gasteiger partial charge on any atom is 0.307 e. The van der Waals surface area contributed by atoms with Crippen LogP contribution in [0, 0.1) is 0 Å². The van der Waals surface area contributed by atoms with Crippen molar-refractivity contribution >= 4 is 11.7 Å². The lowest BCUT2D eigenvalue weighted by atomic mass is 10.1. The second kappa shape index (κ2) is 5.20. The summed E-state index contributed by atoms with van der Waals surface area (Å²) in [5, 5.41) is 11.8. The van der Waals surface area contributed by atoms with Gasteiger partial charge in [0.25, 0.3) is 0 Å². The summed E-state index contributed by atoms with van der Waals surface area (Å²) in [5.41, 5.74) is 2.85. The Morgan fingerprint density at radius 2 is 2.00 bits per heavy atom. The highest BCUT2D eigenvalue weighted by Gasteiger charge is 1.99. The van der Waals surface area contributed by atoms with Gasteiger partial charge in [-0.25, -0.2) is 0 Å². The standard InChI is InChI=1S/C12H15NO2/c1-9(2)8-13-11-5-3-10(4-6-11)7-12(14)15/h3-6,13H,1,7-8H2,2H3,(H,14,15). The smallest absolute Gasteiger partial charge is 0.307 e. The fourth-order valence-corrected chi connectivity index (χ4v) is 1.17. The summed E-state index contributed by atoms with van der Waals surface area (Å²) in [6, 6.07) is 7.38. The molecule has 0 aliphatic heterocycles. The number of hydrogen-bond donors (Lipinski definition) is 2. The summed E-state index contributed by atoms with van der Waals surface area (Å²) >= 11 is 0. The first-order valence-electron chi connectivity index (χ1n) is 4.77. The van der Waals surface area contributed by atoms with E-state index in [1.165, 1.54) is 0 Å². The predicted octanol–water partition coefficient (Wildman–Crippen LogP) is 2.30. The third kappa shape index (κ3) is 4.31. The molecule has 3 nitrogen and oxygen atoms in total. The highest BCUT2D eigenvalue weighted by atomic mass is 16.4. The van der Waals surface area contributed by atoms with Crippen molar-refractivity contribution in [1.82, 2.24) is 0 Å². The second-order valence-corrected chi connectivity index (χ2v) is 3.58. The van der Waals surface area contributed by atoms with Gasteiger partial charge in [0, 0.05) is 12.2 Å². The Bertz CT molecular complexity index is 354. The van der Waals surface area contributed by atoms with Gasteiger partial charge < -0.3 is 10.4 Å². The van der Waals surface area contributed by atoms with Crippen molar-refractivity contribution in [3.8, 4) is 0 Å². The van der Waals surface area contributed by atoms with E-state index in [4.69, 9.17) is 5.11 Å². The second-order valence-electron chi connectivity index (χ2n) is 3.58. The zero-order valence-electron chi connectivity index (χ0n) is 8.79. The van der Waals surface area contributed by atoms with Gasteiger partial charge in [0.1, 0.15) is 0 Å². The van der Waals surface area contributed by atoms with E-state index in [9.17, 15) is 4.79 Å². The van der Waals surface area contributed by atoms with Crippen molar-refractivity contribution < 1.29 is 9.90 Å². The summed E-state index contributed by atoms with van der Waals surface area (Å²) in [5.74, 6) is -0.808. The van der Waals surface area contributed by atoms with Crippen LogP contribution in [0.4, 0.5) is 5.69 Å². The molecule has 1 aromatic carbocycles. The number of hydrogen-bond acceptors (Lipinski definition) is 2. The number of rotatable bonds is 5. The zero-order valence-corrected chi connectivity index (χ0v) is 8.79. The number of aliphatic carboxylic acids is 1. The SMILES string of the molecule is C=C(C)CNc1ccc(CC(=O)O)cc1. The van der Waals surface area contributed by atoms with E-state index < -0.39 is 5.97 Å². The molecule has 1 aromatic rings. The van der Waals surface area contributed by atoms with Crippen molar-refractivity contribution in [3.05, 3.63) is 42.0 Å². The van der Waals surface area contributed by atoms with Crippen LogP contribution < -0.4 is 5.32 Å². The molecular weight excluding hydrogens is 190 g/mol. The topological polar surface area (TPSA) is 49.3 Å². The van der Waals surface area contributed by atoms with Gasteiger partial charge >= 0.3 is 5.97 Å². The molecule has 0 saturated heterocycles. The molecule has 2 N–H and O–H groups in total. The van der Waals surface area contributed by atoms with E-state index in [2.05, 4.69) is 11.9 Å². The van der Waals surface area contributed by atoms with Gasteiger partial charge in [-0.3, -0.25) is 4.79 Å². The Labute approximate surface area is 89.4 Å². The van der Waals surface area contributed by atoms with E-state index in [1.54, 1.807) is 0 Å². The number of carboxylic acid groups (broad SMARTS) is 1. The lowest BCUT2D eigenvalue weighted by molar-refractivity contribution is -0.136. The molecule has 0 heterocycles.